The number of para-hydroxylation sites is 4. The maximum absolute atomic E-state index is 5.38. The Morgan fingerprint density at radius 1 is 0.460 bits per heavy atom. The fourth-order valence-corrected chi connectivity index (χ4v) is 10.7. The number of allylic oxidation sites excluding steroid dienone is 8. The predicted molar refractivity (Wildman–Crippen MR) is 261 cm³/mol. The third-order valence-corrected chi connectivity index (χ3v) is 13.5. The van der Waals surface area contributed by atoms with E-state index in [4.69, 9.17) is 15.0 Å². The molecule has 5 aromatic heterocycles. The molecule has 296 valence electrons. The summed E-state index contributed by atoms with van der Waals surface area (Å²) in [5, 5.41) is 9.84. The minimum atomic E-state index is 0.0578. The van der Waals surface area contributed by atoms with Crippen molar-refractivity contribution in [2.24, 2.45) is 0 Å². The quantitative estimate of drug-likeness (QED) is 0.174. The molecule has 0 saturated carbocycles. The van der Waals surface area contributed by atoms with Gasteiger partial charge in [-0.3, -0.25) is 4.57 Å². The number of aromatic nitrogens is 6. The third kappa shape index (κ3) is 4.97. The van der Waals surface area contributed by atoms with Gasteiger partial charge in [0.05, 0.1) is 38.6 Å². The second-order valence-electron chi connectivity index (χ2n) is 17.0. The highest BCUT2D eigenvalue weighted by Gasteiger charge is 2.25. The van der Waals surface area contributed by atoms with Crippen molar-refractivity contribution in [2.45, 2.75) is 25.2 Å². The molecule has 0 spiro atoms. The maximum atomic E-state index is 5.38. The Kier molecular flexibility index (Phi) is 7.25. The number of fused-ring (bicyclic) bond motifs is 13. The molecule has 12 aromatic rings. The largest absolute Gasteiger partial charge is 0.308 e. The van der Waals surface area contributed by atoms with E-state index in [0.717, 1.165) is 74.8 Å². The van der Waals surface area contributed by atoms with Crippen LogP contribution in [0.3, 0.4) is 0 Å². The fourth-order valence-electron chi connectivity index (χ4n) is 10.7. The molecule has 2 aliphatic carbocycles. The van der Waals surface area contributed by atoms with E-state index in [-0.39, 0.29) is 5.92 Å². The van der Waals surface area contributed by atoms with Crippen LogP contribution in [0.25, 0.3) is 110 Å². The topological polar surface area (TPSA) is 52.9 Å². The molecule has 0 fully saturated rings. The molecule has 0 saturated heterocycles. The number of rotatable bonds is 5. The van der Waals surface area contributed by atoms with Gasteiger partial charge in [0.2, 0.25) is 5.95 Å². The van der Waals surface area contributed by atoms with E-state index in [9.17, 15) is 0 Å². The van der Waals surface area contributed by atoms with E-state index in [2.05, 4.69) is 202 Å². The zero-order valence-corrected chi connectivity index (χ0v) is 34.3. The average molecular weight is 807 g/mol. The van der Waals surface area contributed by atoms with E-state index in [0.29, 0.717) is 11.8 Å². The second-order valence-corrected chi connectivity index (χ2v) is 17.0. The van der Waals surface area contributed by atoms with Gasteiger partial charge in [0.15, 0.2) is 5.82 Å². The normalized spacial score (nSPS) is 15.5. The summed E-state index contributed by atoms with van der Waals surface area (Å²) in [6.45, 7) is 0. The Balaban J connectivity index is 1.03. The molecule has 6 nitrogen and oxygen atoms in total. The summed E-state index contributed by atoms with van der Waals surface area (Å²) >= 11 is 0. The van der Waals surface area contributed by atoms with Crippen LogP contribution in [0, 0.1) is 0 Å². The standard InChI is InChI=1S/C57H38N6/c1-3-15-35(16-4-1)55-58-56(36-17-5-2-6-18-36)60-57(59-55)63-50-28-12-9-23-42(50)46-31-30-45-41-22-7-10-26-48(41)61(53(45)54(46)63)39-20-13-19-37(33-39)38-29-32-51-47(34-38)44-25-14-24-43-40-21-8-11-27-49(40)62(51)52(43)44/h1,3-5,7-15,17-35H,2,6,16H2. The molecule has 6 heteroatoms. The maximum Gasteiger partial charge on any atom is 0.238 e. The van der Waals surface area contributed by atoms with Gasteiger partial charge in [-0.25, -0.2) is 4.98 Å². The Hall–Kier alpha value is -8.09. The van der Waals surface area contributed by atoms with E-state index < -0.39 is 0 Å². The highest BCUT2D eigenvalue weighted by molar-refractivity contribution is 6.25. The summed E-state index contributed by atoms with van der Waals surface area (Å²) in [5.41, 5.74) is 12.7. The summed E-state index contributed by atoms with van der Waals surface area (Å²) in [7, 11) is 0. The number of hydrogen-bond acceptors (Lipinski definition) is 3. The molecule has 0 bridgehead atoms. The lowest BCUT2D eigenvalue weighted by Crippen LogP contribution is -2.13. The van der Waals surface area contributed by atoms with Gasteiger partial charge in [0.25, 0.3) is 0 Å². The van der Waals surface area contributed by atoms with Crippen molar-refractivity contribution in [1.29, 1.82) is 0 Å². The van der Waals surface area contributed by atoms with Crippen LogP contribution in [0.5, 0.6) is 0 Å². The molecule has 0 radical (unpaired) electrons. The van der Waals surface area contributed by atoms with Gasteiger partial charge in [0, 0.05) is 60.3 Å². The molecule has 5 heterocycles. The molecule has 2 aliphatic rings. The van der Waals surface area contributed by atoms with E-state index in [1.165, 1.54) is 54.4 Å². The van der Waals surface area contributed by atoms with Crippen LogP contribution in [-0.2, 0) is 0 Å². The zero-order valence-electron chi connectivity index (χ0n) is 34.3. The van der Waals surface area contributed by atoms with E-state index >= 15 is 0 Å². The fraction of sp³-hybridized carbons (Fsp3) is 0.0702. The molecule has 0 aliphatic heterocycles. The Morgan fingerprint density at radius 2 is 1.11 bits per heavy atom. The van der Waals surface area contributed by atoms with Crippen LogP contribution in [0.15, 0.2) is 188 Å². The third-order valence-electron chi connectivity index (χ3n) is 13.5. The molecule has 63 heavy (non-hydrogen) atoms. The summed E-state index contributed by atoms with van der Waals surface area (Å²) in [6, 6.07) is 53.6. The minimum absolute atomic E-state index is 0.0578. The average Bonchev–Trinajstić information content (AvgIpc) is 4.09. The first-order chi connectivity index (χ1) is 31.3. The van der Waals surface area contributed by atoms with Crippen LogP contribution in [0.2, 0.25) is 0 Å². The van der Waals surface area contributed by atoms with Gasteiger partial charge >= 0.3 is 0 Å². The lowest BCUT2D eigenvalue weighted by Gasteiger charge is -2.17. The monoisotopic (exact) mass is 806 g/mol. The zero-order chi connectivity index (χ0) is 41.2. The second kappa shape index (κ2) is 13.2. The lowest BCUT2D eigenvalue weighted by molar-refractivity contribution is 0.741. The summed E-state index contributed by atoms with van der Waals surface area (Å²) in [5.74, 6) is 2.19. The van der Waals surface area contributed by atoms with Crippen molar-refractivity contribution >= 4 is 87.3 Å². The summed E-state index contributed by atoms with van der Waals surface area (Å²) < 4.78 is 7.21. The first-order valence-electron chi connectivity index (χ1n) is 22.0. The smallest absolute Gasteiger partial charge is 0.238 e. The Bertz CT molecular complexity index is 4020. The first kappa shape index (κ1) is 34.6. The first-order valence-corrected chi connectivity index (χ1v) is 22.0. The van der Waals surface area contributed by atoms with Gasteiger partial charge in [0.1, 0.15) is 5.82 Å². The van der Waals surface area contributed by atoms with Crippen molar-refractivity contribution < 1.29 is 0 Å². The lowest BCUT2D eigenvalue weighted by atomic mass is 10.00. The van der Waals surface area contributed by atoms with Crippen molar-refractivity contribution in [1.82, 2.24) is 28.5 Å². The van der Waals surface area contributed by atoms with Gasteiger partial charge < -0.3 is 8.97 Å². The molecule has 1 unspecified atom stereocenters. The molecule has 0 amide bonds. The van der Waals surface area contributed by atoms with Crippen molar-refractivity contribution in [3.63, 3.8) is 0 Å². The van der Waals surface area contributed by atoms with Gasteiger partial charge in [-0.05, 0) is 72.9 Å². The number of benzene rings is 7. The summed E-state index contributed by atoms with van der Waals surface area (Å²) in [4.78, 5) is 15.9. The molecule has 7 aromatic carbocycles. The number of nitrogens with zero attached hydrogens (tertiary/aromatic N) is 6. The number of hydrogen-bond donors (Lipinski definition) is 0. The van der Waals surface area contributed by atoms with Crippen LogP contribution in [0.4, 0.5) is 0 Å². The van der Waals surface area contributed by atoms with Crippen molar-refractivity contribution in [3.05, 3.63) is 200 Å². The Morgan fingerprint density at radius 3 is 1.87 bits per heavy atom. The van der Waals surface area contributed by atoms with E-state index in [1.807, 2.05) is 0 Å². The van der Waals surface area contributed by atoms with Crippen LogP contribution in [0.1, 0.15) is 36.8 Å². The van der Waals surface area contributed by atoms with E-state index in [1.54, 1.807) is 0 Å². The molecule has 0 N–H and O–H groups in total. The molecular weight excluding hydrogens is 769 g/mol. The minimum Gasteiger partial charge on any atom is -0.308 e. The predicted octanol–water partition coefficient (Wildman–Crippen LogP) is 14.2. The van der Waals surface area contributed by atoms with Crippen molar-refractivity contribution in [2.75, 3.05) is 0 Å². The summed E-state index contributed by atoms with van der Waals surface area (Å²) in [6.07, 6.45) is 18.1. The highest BCUT2D eigenvalue weighted by Crippen LogP contribution is 2.43. The Labute approximate surface area is 362 Å². The highest BCUT2D eigenvalue weighted by atomic mass is 15.2. The SMILES string of the molecule is C1=CCC(c2nc(C3=CCCC=C3)nc(-n3c4ccccc4c4ccc5c6ccccc6n(-c6cccc(-c7ccc8c(c7)c7cccc9c%10ccccc%10n8c97)c6)c5c43)n2)C=C1. The molecular formula is C57H38N6. The van der Waals surface area contributed by atoms with Crippen LogP contribution in [-0.4, -0.2) is 28.5 Å². The molecule has 1 atom stereocenters. The van der Waals surface area contributed by atoms with Crippen LogP contribution < -0.4 is 0 Å². The van der Waals surface area contributed by atoms with Gasteiger partial charge in [-0.2, -0.15) is 9.97 Å². The van der Waals surface area contributed by atoms with Crippen molar-refractivity contribution in [3.8, 4) is 22.8 Å². The van der Waals surface area contributed by atoms with Gasteiger partial charge in [-0.15, -0.1) is 0 Å². The molecule has 14 rings (SSSR count). The van der Waals surface area contributed by atoms with Crippen LogP contribution >= 0.6 is 0 Å². The van der Waals surface area contributed by atoms with Gasteiger partial charge in [-0.1, -0.05) is 146 Å².